The summed E-state index contributed by atoms with van der Waals surface area (Å²) in [5, 5.41) is 5.79. The second kappa shape index (κ2) is 8.00. The van der Waals surface area contributed by atoms with Crippen LogP contribution in [0.25, 0.3) is 0 Å². The van der Waals surface area contributed by atoms with E-state index in [1.165, 1.54) is 11.8 Å². The number of hydrogen-bond acceptors (Lipinski definition) is 5. The largest absolute Gasteiger partial charge is 0.352 e. The van der Waals surface area contributed by atoms with Crippen molar-refractivity contribution in [2.45, 2.75) is 11.3 Å². The van der Waals surface area contributed by atoms with Gasteiger partial charge in [-0.2, -0.15) is 0 Å². The number of benzene rings is 1. The maximum Gasteiger partial charge on any atom is 0.251 e. The van der Waals surface area contributed by atoms with E-state index in [0.29, 0.717) is 17.9 Å². The Morgan fingerprint density at radius 1 is 1.29 bits per heavy atom. The Kier molecular flexibility index (Phi) is 5.76. The van der Waals surface area contributed by atoms with Crippen molar-refractivity contribution < 1.29 is 9.59 Å². The smallest absolute Gasteiger partial charge is 0.251 e. The first-order valence-corrected chi connectivity index (χ1v) is 9.36. The minimum atomic E-state index is -0.0824. The summed E-state index contributed by atoms with van der Waals surface area (Å²) in [7, 11) is 2.15. The Balaban J connectivity index is 1.44. The number of rotatable bonds is 5. The molecular weight excluding hydrogens is 324 g/mol. The van der Waals surface area contributed by atoms with Crippen LogP contribution in [-0.4, -0.2) is 73.7 Å². The fourth-order valence-electron chi connectivity index (χ4n) is 2.90. The molecule has 130 valence electrons. The lowest BCUT2D eigenvalue weighted by atomic mass is 10.2. The Hall–Kier alpha value is -1.57. The predicted molar refractivity (Wildman–Crippen MR) is 96.7 cm³/mol. The van der Waals surface area contributed by atoms with E-state index in [-0.39, 0.29) is 11.8 Å². The van der Waals surface area contributed by atoms with E-state index in [1.807, 2.05) is 12.1 Å². The van der Waals surface area contributed by atoms with Crippen LogP contribution in [-0.2, 0) is 4.79 Å². The van der Waals surface area contributed by atoms with Crippen molar-refractivity contribution in [1.82, 2.24) is 15.1 Å². The third-order valence-corrected chi connectivity index (χ3v) is 5.48. The quantitative estimate of drug-likeness (QED) is 0.780. The Labute approximate surface area is 146 Å². The molecule has 2 N–H and O–H groups in total. The zero-order chi connectivity index (χ0) is 16.9. The fraction of sp³-hybridized carbons (Fsp3) is 0.529. The second-order valence-corrected chi connectivity index (χ2v) is 7.32. The zero-order valence-corrected chi connectivity index (χ0v) is 14.8. The number of thioether (sulfide) groups is 1. The third-order valence-electron chi connectivity index (χ3n) is 4.41. The standard InChI is InChI=1S/C17H24N4O2S/c1-20-7-9-21(10-8-20)6-2-5-18-17(23)13-3-4-15-14(11-13)19-16(22)12-24-15/h3-4,11H,2,5-10,12H2,1H3,(H,18,23)(H,19,22). The minimum absolute atomic E-state index is 0.0164. The fourth-order valence-corrected chi connectivity index (χ4v) is 3.69. The maximum atomic E-state index is 12.3. The molecule has 0 saturated carbocycles. The first kappa shape index (κ1) is 17.3. The topological polar surface area (TPSA) is 64.7 Å². The van der Waals surface area contributed by atoms with Gasteiger partial charge >= 0.3 is 0 Å². The number of nitrogens with zero attached hydrogens (tertiary/aromatic N) is 2. The highest BCUT2D eigenvalue weighted by Crippen LogP contribution is 2.31. The van der Waals surface area contributed by atoms with Crippen LogP contribution < -0.4 is 10.6 Å². The monoisotopic (exact) mass is 348 g/mol. The molecule has 1 aromatic rings. The van der Waals surface area contributed by atoms with Gasteiger partial charge < -0.3 is 20.4 Å². The van der Waals surface area contributed by atoms with Crippen molar-refractivity contribution in [3.05, 3.63) is 23.8 Å². The molecule has 2 heterocycles. The molecule has 0 unspecified atom stereocenters. The molecule has 6 nitrogen and oxygen atoms in total. The molecule has 0 atom stereocenters. The number of fused-ring (bicyclic) bond motifs is 1. The summed E-state index contributed by atoms with van der Waals surface area (Å²) in [6, 6.07) is 5.48. The summed E-state index contributed by atoms with van der Waals surface area (Å²) in [6.45, 7) is 6.13. The van der Waals surface area contributed by atoms with Crippen LogP contribution in [0.4, 0.5) is 5.69 Å². The molecule has 0 bridgehead atoms. The molecule has 0 spiro atoms. The highest BCUT2D eigenvalue weighted by atomic mass is 32.2. The lowest BCUT2D eigenvalue weighted by Gasteiger charge is -2.32. The summed E-state index contributed by atoms with van der Waals surface area (Å²) in [6.07, 6.45) is 0.951. The first-order valence-electron chi connectivity index (χ1n) is 8.37. The van der Waals surface area contributed by atoms with Crippen LogP contribution in [0.3, 0.4) is 0 Å². The second-order valence-electron chi connectivity index (χ2n) is 6.30. The molecule has 0 aliphatic carbocycles. The van der Waals surface area contributed by atoms with Crippen molar-refractivity contribution in [3.8, 4) is 0 Å². The van der Waals surface area contributed by atoms with Gasteiger partial charge in [-0.1, -0.05) is 0 Å². The lowest BCUT2D eigenvalue weighted by Crippen LogP contribution is -2.45. The molecule has 0 radical (unpaired) electrons. The van der Waals surface area contributed by atoms with Crippen LogP contribution in [0.1, 0.15) is 16.8 Å². The highest BCUT2D eigenvalue weighted by molar-refractivity contribution is 8.00. The van der Waals surface area contributed by atoms with E-state index >= 15 is 0 Å². The molecule has 1 aromatic carbocycles. The molecule has 0 aromatic heterocycles. The molecule has 2 aliphatic rings. The van der Waals surface area contributed by atoms with E-state index in [9.17, 15) is 9.59 Å². The summed E-state index contributed by atoms with van der Waals surface area (Å²) in [5.41, 5.74) is 1.33. The summed E-state index contributed by atoms with van der Waals surface area (Å²) in [4.78, 5) is 29.5. The Morgan fingerprint density at radius 2 is 2.08 bits per heavy atom. The molecular formula is C17H24N4O2S. The van der Waals surface area contributed by atoms with Gasteiger partial charge in [0.2, 0.25) is 5.91 Å². The average molecular weight is 348 g/mol. The number of piperazine rings is 1. The highest BCUT2D eigenvalue weighted by Gasteiger charge is 2.17. The molecule has 24 heavy (non-hydrogen) atoms. The molecule has 2 amide bonds. The van der Waals surface area contributed by atoms with Crippen LogP contribution in [0, 0.1) is 0 Å². The van der Waals surface area contributed by atoms with Crippen molar-refractivity contribution in [2.24, 2.45) is 0 Å². The van der Waals surface area contributed by atoms with Crippen LogP contribution >= 0.6 is 11.8 Å². The van der Waals surface area contributed by atoms with Crippen LogP contribution in [0.2, 0.25) is 0 Å². The van der Waals surface area contributed by atoms with Crippen molar-refractivity contribution >= 4 is 29.3 Å². The number of anilines is 1. The Bertz CT molecular complexity index is 615. The summed E-state index contributed by atoms with van der Waals surface area (Å²) in [5.74, 6) is 0.336. The van der Waals surface area contributed by atoms with Crippen molar-refractivity contribution in [1.29, 1.82) is 0 Å². The van der Waals surface area contributed by atoms with E-state index < -0.39 is 0 Å². The van der Waals surface area contributed by atoms with Gasteiger partial charge in [-0.3, -0.25) is 9.59 Å². The van der Waals surface area contributed by atoms with Gasteiger partial charge in [0.25, 0.3) is 5.91 Å². The Morgan fingerprint density at radius 3 is 2.88 bits per heavy atom. The molecule has 1 saturated heterocycles. The van der Waals surface area contributed by atoms with E-state index in [4.69, 9.17) is 0 Å². The number of hydrogen-bond donors (Lipinski definition) is 2. The maximum absolute atomic E-state index is 12.3. The molecule has 1 fully saturated rings. The molecule has 2 aliphatic heterocycles. The van der Waals surface area contributed by atoms with Crippen LogP contribution in [0.15, 0.2) is 23.1 Å². The molecule has 3 rings (SSSR count). The summed E-state index contributed by atoms with van der Waals surface area (Å²) >= 11 is 1.50. The SMILES string of the molecule is CN1CCN(CCCNC(=O)c2ccc3c(c2)NC(=O)CS3)CC1. The predicted octanol–water partition coefficient (Wildman–Crippen LogP) is 1.10. The number of likely N-dealkylation sites (N-methyl/N-ethyl adjacent to an activating group) is 1. The lowest BCUT2D eigenvalue weighted by molar-refractivity contribution is -0.113. The van der Waals surface area contributed by atoms with Crippen LogP contribution in [0.5, 0.6) is 0 Å². The number of carbonyl (C=O) groups is 2. The van der Waals surface area contributed by atoms with Crippen molar-refractivity contribution in [2.75, 3.05) is 57.4 Å². The van der Waals surface area contributed by atoms with Gasteiger partial charge in [0, 0.05) is 43.2 Å². The summed E-state index contributed by atoms with van der Waals surface area (Å²) < 4.78 is 0. The number of carbonyl (C=O) groups excluding carboxylic acids is 2. The normalized spacial score (nSPS) is 18.8. The third kappa shape index (κ3) is 4.49. The zero-order valence-electron chi connectivity index (χ0n) is 14.0. The minimum Gasteiger partial charge on any atom is -0.352 e. The number of nitrogens with one attached hydrogen (secondary N) is 2. The van der Waals surface area contributed by atoms with E-state index in [1.54, 1.807) is 6.07 Å². The van der Waals surface area contributed by atoms with Gasteiger partial charge in [-0.15, -0.1) is 11.8 Å². The first-order chi connectivity index (χ1) is 11.6. The number of amides is 2. The average Bonchev–Trinajstić information content (AvgIpc) is 2.59. The van der Waals surface area contributed by atoms with E-state index in [0.717, 1.165) is 49.7 Å². The molecule has 7 heteroatoms. The van der Waals surface area contributed by atoms with Gasteiger partial charge in [-0.05, 0) is 38.2 Å². The van der Waals surface area contributed by atoms with Gasteiger partial charge in [0.05, 0.1) is 11.4 Å². The van der Waals surface area contributed by atoms with E-state index in [2.05, 4.69) is 27.5 Å². The van der Waals surface area contributed by atoms with Crippen molar-refractivity contribution in [3.63, 3.8) is 0 Å². The van der Waals surface area contributed by atoms with Gasteiger partial charge in [0.1, 0.15) is 0 Å². The van der Waals surface area contributed by atoms with Gasteiger partial charge in [0.15, 0.2) is 0 Å². The van der Waals surface area contributed by atoms with Gasteiger partial charge in [-0.25, -0.2) is 0 Å².